The van der Waals surface area contributed by atoms with E-state index in [0.29, 0.717) is 33.0 Å². The van der Waals surface area contributed by atoms with E-state index < -0.39 is 11.6 Å². The number of rotatable bonds is 12. The molecule has 0 amide bonds. The molecule has 0 saturated heterocycles. The van der Waals surface area contributed by atoms with Gasteiger partial charge in [-0.05, 0) is 61.4 Å². The first-order valence-corrected chi connectivity index (χ1v) is 14.9. The van der Waals surface area contributed by atoms with Crippen LogP contribution in [0.4, 0.5) is 17.1 Å². The molecule has 4 aromatic carbocycles. The zero-order chi connectivity index (χ0) is 29.7. The van der Waals surface area contributed by atoms with E-state index in [1.165, 1.54) is 0 Å². The van der Waals surface area contributed by atoms with Crippen LogP contribution in [0.2, 0.25) is 5.02 Å². The molecule has 1 aliphatic rings. The lowest BCUT2D eigenvalue weighted by molar-refractivity contribution is 0.0239. The summed E-state index contributed by atoms with van der Waals surface area (Å²) in [4.78, 5) is 15.7. The van der Waals surface area contributed by atoms with Crippen LogP contribution in [0.15, 0.2) is 84.9 Å². The van der Waals surface area contributed by atoms with Crippen molar-refractivity contribution >= 4 is 34.6 Å². The Balaban J connectivity index is 1.68. The fourth-order valence-corrected chi connectivity index (χ4v) is 5.81. The van der Waals surface area contributed by atoms with Gasteiger partial charge in [-0.15, -0.1) is 0 Å². The number of ether oxygens (including phenoxy) is 2. The molecule has 0 saturated carbocycles. The van der Waals surface area contributed by atoms with Crippen LogP contribution in [0, 0.1) is 0 Å². The Kier molecular flexibility index (Phi) is 8.93. The number of esters is 1. The molecule has 7 heteroatoms. The molecule has 0 aromatic heterocycles. The van der Waals surface area contributed by atoms with E-state index in [1.807, 2.05) is 72.8 Å². The summed E-state index contributed by atoms with van der Waals surface area (Å²) < 4.78 is 12.2. The molecule has 1 unspecified atom stereocenters. The number of nitrogens with zero attached hydrogens (tertiary/aromatic N) is 1. The summed E-state index contributed by atoms with van der Waals surface area (Å²) in [5, 5.41) is 15.6. The number of fused-ring (bicyclic) bond motifs is 1. The summed E-state index contributed by atoms with van der Waals surface area (Å²) in [5.74, 6) is 0.0924. The zero-order valence-corrected chi connectivity index (χ0v) is 25.1. The van der Waals surface area contributed by atoms with Crippen molar-refractivity contribution in [2.45, 2.75) is 45.1 Å². The van der Waals surface area contributed by atoms with Gasteiger partial charge in [0.05, 0.1) is 23.4 Å². The molecule has 1 atom stereocenters. The SMILES string of the molecule is CCCCN(CCCC)c1ccc(C2(c3cc(Nc4ccccc4Cl)ccc3OC)OC(=O)c3ccccc32)c(O)c1. The average Bonchev–Trinajstić information content (AvgIpc) is 3.31. The van der Waals surface area contributed by atoms with Crippen LogP contribution >= 0.6 is 11.6 Å². The molecule has 6 nitrogen and oxygen atoms in total. The molecule has 5 rings (SSSR count). The number of aromatic hydroxyl groups is 1. The van der Waals surface area contributed by atoms with Crippen LogP contribution in [0.25, 0.3) is 0 Å². The van der Waals surface area contributed by atoms with Crippen LogP contribution < -0.4 is 15.0 Å². The maximum atomic E-state index is 13.4. The monoisotopic (exact) mass is 584 g/mol. The lowest BCUT2D eigenvalue weighted by atomic mass is 9.78. The lowest BCUT2D eigenvalue weighted by Crippen LogP contribution is -2.31. The van der Waals surface area contributed by atoms with Crippen LogP contribution in [0.1, 0.15) is 66.6 Å². The minimum absolute atomic E-state index is 0.0431. The third kappa shape index (κ3) is 5.51. The molecule has 0 spiro atoms. The smallest absolute Gasteiger partial charge is 0.340 e. The third-order valence-electron chi connectivity index (χ3n) is 7.79. The van der Waals surface area contributed by atoms with Crippen LogP contribution in [-0.4, -0.2) is 31.3 Å². The number of phenols is 1. The Morgan fingerprint density at radius 3 is 2.29 bits per heavy atom. The Morgan fingerprint density at radius 2 is 1.60 bits per heavy atom. The van der Waals surface area contributed by atoms with Gasteiger partial charge in [-0.1, -0.05) is 68.6 Å². The van der Waals surface area contributed by atoms with E-state index in [1.54, 1.807) is 19.2 Å². The summed E-state index contributed by atoms with van der Waals surface area (Å²) in [6.07, 6.45) is 4.29. The van der Waals surface area contributed by atoms with Gasteiger partial charge in [0.1, 0.15) is 11.5 Å². The Bertz CT molecular complexity index is 1560. The van der Waals surface area contributed by atoms with Crippen LogP contribution in [0.3, 0.4) is 0 Å². The van der Waals surface area contributed by atoms with Crippen LogP contribution in [0.5, 0.6) is 11.5 Å². The maximum absolute atomic E-state index is 13.4. The largest absolute Gasteiger partial charge is 0.507 e. The van der Waals surface area contributed by atoms with Gasteiger partial charge in [-0.25, -0.2) is 4.79 Å². The molecule has 42 heavy (non-hydrogen) atoms. The number of carbonyl (C=O) groups is 1. The first-order chi connectivity index (χ1) is 20.4. The van der Waals surface area contributed by atoms with Gasteiger partial charge in [0.2, 0.25) is 0 Å². The molecular weight excluding hydrogens is 548 g/mol. The minimum atomic E-state index is -1.45. The van der Waals surface area contributed by atoms with Crippen LogP contribution in [-0.2, 0) is 10.3 Å². The Hall–Kier alpha value is -4.16. The van der Waals surface area contributed by atoms with Gasteiger partial charge in [-0.3, -0.25) is 0 Å². The third-order valence-corrected chi connectivity index (χ3v) is 8.12. The van der Waals surface area contributed by atoms with Crippen molar-refractivity contribution in [3.63, 3.8) is 0 Å². The van der Waals surface area contributed by atoms with E-state index >= 15 is 0 Å². The molecule has 0 aliphatic carbocycles. The number of phenolic OH excluding ortho intramolecular Hbond substituents is 1. The lowest BCUT2D eigenvalue weighted by Gasteiger charge is -2.33. The zero-order valence-electron chi connectivity index (χ0n) is 24.3. The number of benzene rings is 4. The van der Waals surface area contributed by atoms with E-state index in [2.05, 4.69) is 24.1 Å². The summed E-state index contributed by atoms with van der Waals surface area (Å²) in [6.45, 7) is 6.16. The fourth-order valence-electron chi connectivity index (χ4n) is 5.62. The van der Waals surface area contributed by atoms with Crippen molar-refractivity contribution in [3.05, 3.63) is 112 Å². The number of anilines is 3. The molecular formula is C35H37ClN2O4. The predicted molar refractivity (Wildman–Crippen MR) is 170 cm³/mol. The quantitative estimate of drug-likeness (QED) is 0.162. The minimum Gasteiger partial charge on any atom is -0.507 e. The van der Waals surface area contributed by atoms with E-state index in [-0.39, 0.29) is 5.75 Å². The number of halogens is 1. The number of nitrogens with one attached hydrogen (secondary N) is 1. The van der Waals surface area contributed by atoms with Gasteiger partial charge < -0.3 is 24.8 Å². The van der Waals surface area contributed by atoms with Gasteiger partial charge >= 0.3 is 5.97 Å². The molecule has 2 N–H and O–H groups in total. The number of hydrogen-bond acceptors (Lipinski definition) is 6. The highest BCUT2D eigenvalue weighted by Gasteiger charge is 2.51. The van der Waals surface area contributed by atoms with Crippen molar-refractivity contribution in [2.75, 3.05) is 30.4 Å². The highest BCUT2D eigenvalue weighted by atomic mass is 35.5. The Labute approximate surface area is 252 Å². The normalized spacial score (nSPS) is 15.7. The summed E-state index contributed by atoms with van der Waals surface area (Å²) in [7, 11) is 1.58. The van der Waals surface area contributed by atoms with Gasteiger partial charge in [0, 0.05) is 47.2 Å². The van der Waals surface area contributed by atoms with E-state index in [0.717, 1.165) is 55.8 Å². The number of cyclic esters (lactones) is 1. The number of methoxy groups -OCH3 is 1. The summed E-state index contributed by atoms with van der Waals surface area (Å²) in [6, 6.07) is 26.0. The highest BCUT2D eigenvalue weighted by molar-refractivity contribution is 6.33. The molecule has 218 valence electrons. The molecule has 1 heterocycles. The first-order valence-electron chi connectivity index (χ1n) is 14.5. The van der Waals surface area contributed by atoms with Crippen molar-refractivity contribution < 1.29 is 19.4 Å². The van der Waals surface area contributed by atoms with Crippen molar-refractivity contribution in [3.8, 4) is 11.5 Å². The standard InChI is InChI=1S/C35H37ClN2O4/c1-4-6-20-38(21-7-5-2)25-17-18-28(32(39)23-25)35(27-13-9-8-12-26(27)34(40)42-35)29-22-24(16-19-33(29)41-3)37-31-15-11-10-14-30(31)36/h8-19,22-23,37,39H,4-7,20-21H2,1-3H3. The topological polar surface area (TPSA) is 71.0 Å². The second kappa shape index (κ2) is 12.8. The summed E-state index contributed by atoms with van der Waals surface area (Å²) >= 11 is 6.44. The van der Waals surface area contributed by atoms with Gasteiger partial charge in [0.25, 0.3) is 0 Å². The molecule has 0 fully saturated rings. The highest BCUT2D eigenvalue weighted by Crippen LogP contribution is 2.53. The van der Waals surface area contributed by atoms with Gasteiger partial charge in [0.15, 0.2) is 5.60 Å². The second-order valence-electron chi connectivity index (χ2n) is 10.5. The van der Waals surface area contributed by atoms with Crippen molar-refractivity contribution in [1.29, 1.82) is 0 Å². The van der Waals surface area contributed by atoms with Crippen molar-refractivity contribution in [2.24, 2.45) is 0 Å². The molecule has 1 aliphatic heterocycles. The molecule has 4 aromatic rings. The van der Waals surface area contributed by atoms with E-state index in [4.69, 9.17) is 21.1 Å². The maximum Gasteiger partial charge on any atom is 0.340 e. The second-order valence-corrected chi connectivity index (χ2v) is 10.9. The number of unbranched alkanes of at least 4 members (excludes halogenated alkanes) is 2. The number of para-hydroxylation sites is 1. The average molecular weight is 585 g/mol. The van der Waals surface area contributed by atoms with Gasteiger partial charge in [-0.2, -0.15) is 0 Å². The van der Waals surface area contributed by atoms with E-state index in [9.17, 15) is 9.90 Å². The molecule has 0 bridgehead atoms. The molecule has 0 radical (unpaired) electrons. The van der Waals surface area contributed by atoms with Crippen molar-refractivity contribution in [1.82, 2.24) is 0 Å². The first kappa shape index (κ1) is 29.3. The number of hydrogen-bond donors (Lipinski definition) is 2. The number of carbonyl (C=O) groups excluding carboxylic acids is 1. The predicted octanol–water partition coefficient (Wildman–Crippen LogP) is 8.67. The fraction of sp³-hybridized carbons (Fsp3) is 0.286. The Morgan fingerprint density at radius 1 is 0.881 bits per heavy atom. The summed E-state index contributed by atoms with van der Waals surface area (Å²) in [5.41, 5.74) is 3.07.